The summed E-state index contributed by atoms with van der Waals surface area (Å²) in [5, 5.41) is 15.4. The van der Waals surface area contributed by atoms with E-state index in [9.17, 15) is 9.90 Å². The van der Waals surface area contributed by atoms with Crippen LogP contribution in [0.3, 0.4) is 0 Å². The number of carbonyl (C=O) groups is 1. The quantitative estimate of drug-likeness (QED) is 0.839. The van der Waals surface area contributed by atoms with E-state index in [1.807, 2.05) is 11.6 Å². The molecule has 88 valence electrons. The van der Waals surface area contributed by atoms with E-state index in [0.717, 1.165) is 5.03 Å². The van der Waals surface area contributed by atoms with Gasteiger partial charge >= 0.3 is 0 Å². The van der Waals surface area contributed by atoms with E-state index in [1.165, 1.54) is 29.2 Å². The van der Waals surface area contributed by atoms with E-state index in [1.54, 1.807) is 18.2 Å². The molecule has 2 N–H and O–H groups in total. The van der Waals surface area contributed by atoms with Crippen molar-refractivity contribution in [2.24, 2.45) is 0 Å². The van der Waals surface area contributed by atoms with Gasteiger partial charge in [-0.2, -0.15) is 0 Å². The molecule has 1 heterocycles. The second-order valence-corrected chi connectivity index (χ2v) is 4.85. The van der Waals surface area contributed by atoms with Gasteiger partial charge in [0.2, 0.25) is 0 Å². The molecule has 0 aliphatic heterocycles. The summed E-state index contributed by atoms with van der Waals surface area (Å²) in [5.41, 5.74) is 0.244. The van der Waals surface area contributed by atoms with Gasteiger partial charge in [0, 0.05) is 5.38 Å². The number of benzene rings is 1. The van der Waals surface area contributed by atoms with Gasteiger partial charge in [0.25, 0.3) is 5.91 Å². The minimum Gasteiger partial charge on any atom is -0.507 e. The molecule has 0 radical (unpaired) electrons. The van der Waals surface area contributed by atoms with E-state index < -0.39 is 0 Å². The van der Waals surface area contributed by atoms with Crippen molar-refractivity contribution < 1.29 is 9.90 Å². The predicted molar refractivity (Wildman–Crippen MR) is 70.0 cm³/mol. The van der Waals surface area contributed by atoms with Crippen LogP contribution < -0.4 is 5.32 Å². The highest BCUT2D eigenvalue weighted by Crippen LogP contribution is 2.23. The van der Waals surface area contributed by atoms with Crippen molar-refractivity contribution in [3.63, 3.8) is 0 Å². The lowest BCUT2D eigenvalue weighted by molar-refractivity contribution is 0.102. The summed E-state index contributed by atoms with van der Waals surface area (Å²) in [7, 11) is 0. The minimum atomic E-state index is -0.356. The highest BCUT2D eigenvalue weighted by Gasteiger charge is 2.12. The van der Waals surface area contributed by atoms with Crippen LogP contribution in [0.2, 0.25) is 0 Å². The lowest BCUT2D eigenvalue weighted by Crippen LogP contribution is -2.11. The zero-order chi connectivity index (χ0) is 12.3. The largest absolute Gasteiger partial charge is 0.507 e. The van der Waals surface area contributed by atoms with Crippen LogP contribution in [0, 0.1) is 0 Å². The third-order valence-electron chi connectivity index (χ3n) is 2.06. The molecule has 1 aromatic carbocycles. The second-order valence-electron chi connectivity index (χ2n) is 3.17. The Balaban J connectivity index is 2.14. The Hall–Kier alpha value is -1.53. The molecule has 0 spiro atoms. The number of thiazole rings is 1. The molecular formula is C11H10N2O2S2. The highest BCUT2D eigenvalue weighted by molar-refractivity contribution is 7.98. The molecule has 0 bridgehead atoms. The molecule has 1 amide bonds. The van der Waals surface area contributed by atoms with Crippen molar-refractivity contribution >= 4 is 34.1 Å². The molecule has 0 saturated carbocycles. The zero-order valence-electron chi connectivity index (χ0n) is 9.01. The van der Waals surface area contributed by atoms with E-state index in [0.29, 0.717) is 5.13 Å². The minimum absolute atomic E-state index is 0.0355. The number of nitrogens with zero attached hydrogens (tertiary/aromatic N) is 1. The highest BCUT2D eigenvalue weighted by atomic mass is 32.2. The molecule has 17 heavy (non-hydrogen) atoms. The number of nitrogens with one attached hydrogen (secondary N) is 1. The molecule has 4 nitrogen and oxygen atoms in total. The third-order valence-corrected chi connectivity index (χ3v) is 3.60. The topological polar surface area (TPSA) is 62.2 Å². The maximum absolute atomic E-state index is 11.8. The van der Waals surface area contributed by atoms with Crippen molar-refractivity contribution in [2.75, 3.05) is 11.6 Å². The summed E-state index contributed by atoms with van der Waals surface area (Å²) in [6.07, 6.45) is 1.92. The van der Waals surface area contributed by atoms with Crippen molar-refractivity contribution in [3.05, 3.63) is 35.2 Å². The van der Waals surface area contributed by atoms with Crippen LogP contribution in [0.4, 0.5) is 5.13 Å². The molecule has 6 heteroatoms. The van der Waals surface area contributed by atoms with Gasteiger partial charge in [-0.1, -0.05) is 12.1 Å². The van der Waals surface area contributed by atoms with Gasteiger partial charge in [0.05, 0.1) is 5.56 Å². The number of amides is 1. The number of para-hydroxylation sites is 1. The van der Waals surface area contributed by atoms with Gasteiger partial charge < -0.3 is 5.11 Å². The number of phenolic OH excluding ortho intramolecular Hbond substituents is 1. The number of thioether (sulfide) groups is 1. The molecule has 2 aromatic rings. The Morgan fingerprint density at radius 2 is 2.24 bits per heavy atom. The first-order valence-electron chi connectivity index (χ1n) is 4.79. The lowest BCUT2D eigenvalue weighted by Gasteiger charge is -2.03. The number of carbonyl (C=O) groups excluding carboxylic acids is 1. The van der Waals surface area contributed by atoms with Crippen LogP contribution in [0.25, 0.3) is 0 Å². The molecule has 0 aliphatic rings. The Morgan fingerprint density at radius 3 is 2.88 bits per heavy atom. The van der Waals surface area contributed by atoms with Crippen LogP contribution in [0.5, 0.6) is 5.75 Å². The van der Waals surface area contributed by atoms with Crippen LogP contribution in [0.15, 0.2) is 34.7 Å². The van der Waals surface area contributed by atoms with E-state index >= 15 is 0 Å². The molecule has 0 atom stereocenters. The zero-order valence-corrected chi connectivity index (χ0v) is 10.6. The summed E-state index contributed by atoms with van der Waals surface area (Å²) < 4.78 is 0. The third kappa shape index (κ3) is 2.78. The molecule has 0 unspecified atom stereocenters. The van der Waals surface area contributed by atoms with Gasteiger partial charge in [-0.3, -0.25) is 10.1 Å². The molecule has 1 aromatic heterocycles. The summed E-state index contributed by atoms with van der Waals surface area (Å²) in [4.78, 5) is 16.0. The first kappa shape index (κ1) is 11.9. The average Bonchev–Trinajstić information content (AvgIpc) is 2.77. The van der Waals surface area contributed by atoms with Crippen LogP contribution in [0.1, 0.15) is 10.4 Å². The SMILES string of the molecule is CSc1csc(NC(=O)c2ccccc2O)n1. The fourth-order valence-electron chi connectivity index (χ4n) is 1.24. The average molecular weight is 266 g/mol. The number of hydrogen-bond acceptors (Lipinski definition) is 5. The van der Waals surface area contributed by atoms with Crippen molar-refractivity contribution in [2.45, 2.75) is 5.03 Å². The predicted octanol–water partition coefficient (Wildman–Crippen LogP) is 2.82. The normalized spacial score (nSPS) is 10.2. The Morgan fingerprint density at radius 1 is 1.47 bits per heavy atom. The molecule has 0 saturated heterocycles. The van der Waals surface area contributed by atoms with E-state index in [2.05, 4.69) is 10.3 Å². The molecule has 0 fully saturated rings. The smallest absolute Gasteiger partial charge is 0.261 e. The number of aromatic hydroxyl groups is 1. The monoisotopic (exact) mass is 266 g/mol. The molecular weight excluding hydrogens is 256 g/mol. The number of phenols is 1. The second kappa shape index (κ2) is 5.20. The van der Waals surface area contributed by atoms with Crippen molar-refractivity contribution in [1.82, 2.24) is 4.98 Å². The maximum Gasteiger partial charge on any atom is 0.261 e. The Labute approximate surface area is 107 Å². The van der Waals surface area contributed by atoms with Crippen LogP contribution >= 0.6 is 23.1 Å². The lowest BCUT2D eigenvalue weighted by atomic mass is 10.2. The molecule has 0 aliphatic carbocycles. The van der Waals surface area contributed by atoms with Gasteiger partial charge in [-0.15, -0.1) is 23.1 Å². The number of anilines is 1. The van der Waals surface area contributed by atoms with Gasteiger partial charge in [0.15, 0.2) is 5.13 Å². The summed E-state index contributed by atoms with van der Waals surface area (Å²) >= 11 is 2.87. The first-order chi connectivity index (χ1) is 8.20. The summed E-state index contributed by atoms with van der Waals surface area (Å²) in [5.74, 6) is -0.392. The van der Waals surface area contributed by atoms with E-state index in [-0.39, 0.29) is 17.2 Å². The number of aromatic nitrogens is 1. The fraction of sp³-hybridized carbons (Fsp3) is 0.0909. The summed E-state index contributed by atoms with van der Waals surface area (Å²) in [6, 6.07) is 6.41. The van der Waals surface area contributed by atoms with Gasteiger partial charge in [0.1, 0.15) is 10.8 Å². The number of rotatable bonds is 3. The summed E-state index contributed by atoms with van der Waals surface area (Å²) in [6.45, 7) is 0. The Kier molecular flexibility index (Phi) is 3.65. The molecule has 2 rings (SSSR count). The van der Waals surface area contributed by atoms with Crippen molar-refractivity contribution in [3.8, 4) is 5.75 Å². The number of hydrogen-bond donors (Lipinski definition) is 2. The van der Waals surface area contributed by atoms with Crippen LogP contribution in [-0.2, 0) is 0 Å². The van der Waals surface area contributed by atoms with Gasteiger partial charge in [-0.25, -0.2) is 4.98 Å². The van der Waals surface area contributed by atoms with Crippen LogP contribution in [-0.4, -0.2) is 22.3 Å². The van der Waals surface area contributed by atoms with Crippen molar-refractivity contribution in [1.29, 1.82) is 0 Å². The first-order valence-corrected chi connectivity index (χ1v) is 6.90. The fourth-order valence-corrected chi connectivity index (χ4v) is 2.58. The Bertz CT molecular complexity index is 540. The standard InChI is InChI=1S/C11H10N2O2S2/c1-16-9-6-17-11(12-9)13-10(15)7-4-2-3-5-8(7)14/h2-6,14H,1H3,(H,12,13,15). The maximum atomic E-state index is 11.8. The van der Waals surface area contributed by atoms with Gasteiger partial charge in [-0.05, 0) is 18.4 Å². The van der Waals surface area contributed by atoms with E-state index in [4.69, 9.17) is 0 Å².